The topological polar surface area (TPSA) is 99.6 Å². The Labute approximate surface area is 235 Å². The standard InChI is InChI=1S/C28H24Br2N4O4/c29-21-14-13-20(23(30)15-21)17-38-26-19(9-6-12-25(26)34(36)37)16-31-33-27(18-7-2-1-3-8-18)32-24-11-5-4-10-22(24)28(33)35/h4-6,9-16,18H,1-3,7-8,17H2. The average molecular weight is 640 g/mol. The fraction of sp³-hybridized carbons (Fsp3) is 0.250. The van der Waals surface area contributed by atoms with E-state index >= 15 is 0 Å². The summed E-state index contributed by atoms with van der Waals surface area (Å²) in [5.41, 5.74) is 1.41. The van der Waals surface area contributed by atoms with Crippen molar-refractivity contribution in [2.24, 2.45) is 5.10 Å². The molecule has 0 atom stereocenters. The number of ether oxygens (including phenoxy) is 1. The van der Waals surface area contributed by atoms with Crippen molar-refractivity contribution in [3.05, 3.63) is 107 Å². The zero-order chi connectivity index (χ0) is 26.6. The molecule has 4 aromatic rings. The molecule has 0 radical (unpaired) electrons. The summed E-state index contributed by atoms with van der Waals surface area (Å²) < 4.78 is 9.05. The summed E-state index contributed by atoms with van der Waals surface area (Å²) in [6, 6.07) is 17.5. The first kappa shape index (κ1) is 26.2. The van der Waals surface area contributed by atoms with Crippen molar-refractivity contribution in [1.29, 1.82) is 0 Å². The van der Waals surface area contributed by atoms with E-state index in [9.17, 15) is 14.9 Å². The second-order valence-electron chi connectivity index (χ2n) is 9.16. The molecule has 1 fully saturated rings. The van der Waals surface area contributed by atoms with Gasteiger partial charge < -0.3 is 4.74 Å². The lowest BCUT2D eigenvalue weighted by molar-refractivity contribution is -0.386. The van der Waals surface area contributed by atoms with Gasteiger partial charge >= 0.3 is 5.69 Å². The Morgan fingerprint density at radius 2 is 1.87 bits per heavy atom. The highest BCUT2D eigenvalue weighted by molar-refractivity contribution is 9.11. The van der Waals surface area contributed by atoms with E-state index in [-0.39, 0.29) is 29.5 Å². The van der Waals surface area contributed by atoms with Gasteiger partial charge in [-0.1, -0.05) is 75.4 Å². The second-order valence-corrected chi connectivity index (χ2v) is 10.9. The maximum absolute atomic E-state index is 13.5. The number of halogens is 2. The molecule has 3 aromatic carbocycles. The van der Waals surface area contributed by atoms with Crippen LogP contribution >= 0.6 is 31.9 Å². The molecule has 0 bridgehead atoms. The quantitative estimate of drug-likeness (QED) is 0.120. The first-order valence-corrected chi connectivity index (χ1v) is 13.9. The molecule has 1 aromatic heterocycles. The predicted molar refractivity (Wildman–Crippen MR) is 154 cm³/mol. The lowest BCUT2D eigenvalue weighted by atomic mass is 9.88. The van der Waals surface area contributed by atoms with Crippen LogP contribution in [0, 0.1) is 10.1 Å². The molecule has 0 unspecified atom stereocenters. The lowest BCUT2D eigenvalue weighted by Gasteiger charge is -2.22. The zero-order valence-corrected chi connectivity index (χ0v) is 23.5. The molecule has 5 rings (SSSR count). The lowest BCUT2D eigenvalue weighted by Crippen LogP contribution is -2.25. The van der Waals surface area contributed by atoms with Gasteiger partial charge in [-0.25, -0.2) is 4.98 Å². The van der Waals surface area contributed by atoms with Gasteiger partial charge in [0.1, 0.15) is 12.4 Å². The smallest absolute Gasteiger partial charge is 0.311 e. The second kappa shape index (κ2) is 11.6. The van der Waals surface area contributed by atoms with E-state index in [1.165, 1.54) is 23.4 Å². The minimum Gasteiger partial charge on any atom is -0.481 e. The Balaban J connectivity index is 1.57. The van der Waals surface area contributed by atoms with Crippen LogP contribution in [0.5, 0.6) is 5.75 Å². The summed E-state index contributed by atoms with van der Waals surface area (Å²) in [5, 5.41) is 16.8. The summed E-state index contributed by atoms with van der Waals surface area (Å²) >= 11 is 6.93. The van der Waals surface area contributed by atoms with E-state index in [0.29, 0.717) is 22.3 Å². The summed E-state index contributed by atoms with van der Waals surface area (Å²) in [4.78, 5) is 29.7. The molecule has 194 valence electrons. The van der Waals surface area contributed by atoms with E-state index in [0.717, 1.165) is 40.2 Å². The minimum absolute atomic E-state index is 0.0806. The molecule has 0 amide bonds. The van der Waals surface area contributed by atoms with Gasteiger partial charge in [0.05, 0.1) is 22.0 Å². The molecular formula is C28H24Br2N4O4. The number of nitro groups is 1. The highest BCUT2D eigenvalue weighted by Crippen LogP contribution is 2.33. The summed E-state index contributed by atoms with van der Waals surface area (Å²) in [6.07, 6.45) is 6.64. The van der Waals surface area contributed by atoms with Crippen molar-refractivity contribution >= 4 is 54.7 Å². The number of hydrogen-bond donors (Lipinski definition) is 0. The van der Waals surface area contributed by atoms with Crippen LogP contribution in [0.1, 0.15) is 55.0 Å². The van der Waals surface area contributed by atoms with Gasteiger partial charge in [-0.05, 0) is 43.2 Å². The van der Waals surface area contributed by atoms with Crippen LogP contribution < -0.4 is 10.3 Å². The average Bonchev–Trinajstić information content (AvgIpc) is 2.92. The number of para-hydroxylation sites is 2. The van der Waals surface area contributed by atoms with Crippen molar-refractivity contribution in [3.63, 3.8) is 0 Å². The van der Waals surface area contributed by atoms with Crippen molar-refractivity contribution in [2.75, 3.05) is 0 Å². The van der Waals surface area contributed by atoms with Crippen molar-refractivity contribution in [1.82, 2.24) is 9.66 Å². The van der Waals surface area contributed by atoms with Crippen molar-refractivity contribution in [2.45, 2.75) is 44.6 Å². The number of rotatable bonds is 7. The highest BCUT2D eigenvalue weighted by atomic mass is 79.9. The molecule has 38 heavy (non-hydrogen) atoms. The Kier molecular flexibility index (Phi) is 7.99. The van der Waals surface area contributed by atoms with Crippen LogP contribution in [0.15, 0.2) is 79.5 Å². The molecule has 10 heteroatoms. The third-order valence-corrected chi connectivity index (χ3v) is 7.90. The van der Waals surface area contributed by atoms with Crippen LogP contribution in [0.25, 0.3) is 10.9 Å². The summed E-state index contributed by atoms with van der Waals surface area (Å²) in [6.45, 7) is 0.102. The Morgan fingerprint density at radius 3 is 2.63 bits per heavy atom. The maximum atomic E-state index is 13.5. The molecular weight excluding hydrogens is 616 g/mol. The fourth-order valence-corrected chi connectivity index (χ4v) is 5.89. The SMILES string of the molecule is O=c1c2ccccc2nc(C2CCCCC2)n1N=Cc1cccc([N+](=O)[O-])c1OCc1ccc(Br)cc1Br. The minimum atomic E-state index is -0.486. The number of benzene rings is 3. The van der Waals surface area contributed by atoms with E-state index in [1.54, 1.807) is 24.3 Å². The van der Waals surface area contributed by atoms with Gasteiger partial charge in [0.15, 0.2) is 0 Å². The normalized spacial score (nSPS) is 14.3. The first-order valence-electron chi connectivity index (χ1n) is 12.3. The van der Waals surface area contributed by atoms with E-state index < -0.39 is 4.92 Å². The Hall–Kier alpha value is -3.37. The number of fused-ring (bicyclic) bond motifs is 1. The molecule has 1 aliphatic carbocycles. The summed E-state index contributed by atoms with van der Waals surface area (Å²) in [7, 11) is 0. The predicted octanol–water partition coefficient (Wildman–Crippen LogP) is 7.34. The molecule has 1 heterocycles. The van der Waals surface area contributed by atoms with Gasteiger partial charge in [0.25, 0.3) is 5.56 Å². The van der Waals surface area contributed by atoms with Gasteiger partial charge in [0, 0.05) is 32.1 Å². The molecule has 8 nitrogen and oxygen atoms in total. The molecule has 1 saturated carbocycles. The van der Waals surface area contributed by atoms with Crippen LogP contribution in [-0.4, -0.2) is 20.8 Å². The third kappa shape index (κ3) is 5.56. The van der Waals surface area contributed by atoms with Crippen LogP contribution in [0.3, 0.4) is 0 Å². The van der Waals surface area contributed by atoms with Crippen molar-refractivity contribution in [3.8, 4) is 5.75 Å². The van der Waals surface area contributed by atoms with Crippen molar-refractivity contribution < 1.29 is 9.66 Å². The Bertz CT molecular complexity index is 1600. The number of aromatic nitrogens is 2. The van der Waals surface area contributed by atoms with Crippen LogP contribution in [0.2, 0.25) is 0 Å². The number of nitrogens with zero attached hydrogens (tertiary/aromatic N) is 4. The zero-order valence-electron chi connectivity index (χ0n) is 20.3. The summed E-state index contributed by atoms with van der Waals surface area (Å²) in [5.74, 6) is 0.821. The number of nitro benzene ring substituents is 1. The van der Waals surface area contributed by atoms with Gasteiger partial charge in [-0.15, -0.1) is 0 Å². The molecule has 0 saturated heterocycles. The molecule has 1 aliphatic rings. The van der Waals surface area contributed by atoms with Gasteiger partial charge in [-0.2, -0.15) is 9.78 Å². The maximum Gasteiger partial charge on any atom is 0.311 e. The molecule has 0 N–H and O–H groups in total. The molecule has 0 aliphatic heterocycles. The van der Waals surface area contributed by atoms with Crippen LogP contribution in [0.4, 0.5) is 5.69 Å². The van der Waals surface area contributed by atoms with Gasteiger partial charge in [-0.3, -0.25) is 14.9 Å². The van der Waals surface area contributed by atoms with Crippen LogP contribution in [-0.2, 0) is 6.61 Å². The largest absolute Gasteiger partial charge is 0.481 e. The first-order chi connectivity index (χ1) is 18.4. The number of hydrogen-bond acceptors (Lipinski definition) is 6. The Morgan fingerprint density at radius 1 is 1.08 bits per heavy atom. The monoisotopic (exact) mass is 638 g/mol. The fourth-order valence-electron chi connectivity index (χ4n) is 4.73. The molecule has 0 spiro atoms. The van der Waals surface area contributed by atoms with E-state index in [4.69, 9.17) is 9.72 Å². The highest BCUT2D eigenvalue weighted by Gasteiger charge is 2.23. The van der Waals surface area contributed by atoms with Gasteiger partial charge in [0.2, 0.25) is 5.75 Å². The van der Waals surface area contributed by atoms with E-state index in [2.05, 4.69) is 37.0 Å². The van der Waals surface area contributed by atoms with E-state index in [1.807, 2.05) is 30.3 Å². The third-order valence-electron chi connectivity index (χ3n) is 6.67.